The van der Waals surface area contributed by atoms with Crippen LogP contribution in [-0.4, -0.2) is 11.9 Å². The lowest BCUT2D eigenvalue weighted by molar-refractivity contribution is -0.277. The van der Waals surface area contributed by atoms with Crippen molar-refractivity contribution in [2.24, 2.45) is 0 Å². The minimum atomic E-state index is -0.420. The fourth-order valence-corrected chi connectivity index (χ4v) is 1.34. The molecule has 0 bridgehead atoms. The van der Waals surface area contributed by atoms with Crippen LogP contribution in [0, 0.1) is 0 Å². The summed E-state index contributed by atoms with van der Waals surface area (Å²) < 4.78 is 0. The van der Waals surface area contributed by atoms with E-state index in [9.17, 15) is 5.11 Å². The van der Waals surface area contributed by atoms with Crippen molar-refractivity contribution in [3.8, 4) is 0 Å². The number of benzene rings is 1. The zero-order chi connectivity index (χ0) is 9.97. The van der Waals surface area contributed by atoms with Gasteiger partial charge in [-0.1, -0.05) is 19.1 Å². The Kier molecular flexibility index (Phi) is 2.67. The monoisotopic (exact) mass is 195 g/mol. The maximum absolute atomic E-state index is 9.63. The highest BCUT2D eigenvalue weighted by molar-refractivity contribution is 5.45. The molecule has 1 aliphatic heterocycles. The van der Waals surface area contributed by atoms with E-state index in [4.69, 9.17) is 9.68 Å². The first-order valence-corrected chi connectivity index (χ1v) is 4.65. The molecule has 1 atom stereocenters. The molecular weight excluding hydrogens is 182 g/mol. The Morgan fingerprint density at radius 2 is 2.29 bits per heavy atom. The van der Waals surface area contributed by atoms with Gasteiger partial charge in [-0.25, -0.2) is 9.68 Å². The lowest BCUT2D eigenvalue weighted by Crippen LogP contribution is -2.36. The Hall–Kier alpha value is -1.10. The van der Waals surface area contributed by atoms with Crippen molar-refractivity contribution in [2.45, 2.75) is 19.4 Å². The molecule has 0 saturated carbocycles. The van der Waals surface area contributed by atoms with E-state index in [1.165, 1.54) is 5.23 Å². The third-order valence-corrected chi connectivity index (χ3v) is 2.19. The lowest BCUT2D eigenvalue weighted by atomic mass is 10.1. The molecule has 1 fully saturated rings. The van der Waals surface area contributed by atoms with E-state index < -0.39 is 6.10 Å². The number of hydrogen-bond donors (Lipinski definition) is 1. The predicted octanol–water partition coefficient (Wildman–Crippen LogP) is 1.77. The highest BCUT2D eigenvalue weighted by Crippen LogP contribution is 2.25. The first-order valence-electron chi connectivity index (χ1n) is 4.65. The van der Waals surface area contributed by atoms with Crippen LogP contribution in [0.15, 0.2) is 24.3 Å². The molecule has 4 nitrogen and oxygen atoms in total. The highest BCUT2D eigenvalue weighted by Gasteiger charge is 2.18. The highest BCUT2D eigenvalue weighted by atomic mass is 17.1. The van der Waals surface area contributed by atoms with Gasteiger partial charge < -0.3 is 5.11 Å². The summed E-state index contributed by atoms with van der Waals surface area (Å²) in [5.74, 6) is 0. The Labute approximate surface area is 82.6 Å². The molecule has 1 heterocycles. The van der Waals surface area contributed by atoms with E-state index in [0.29, 0.717) is 13.2 Å². The number of hydrogen-bond acceptors (Lipinski definition) is 4. The molecule has 76 valence electrons. The minimum absolute atomic E-state index is 0.292. The first-order chi connectivity index (χ1) is 6.81. The van der Waals surface area contributed by atoms with Gasteiger partial charge in [-0.15, -0.1) is 5.23 Å². The molecule has 0 radical (unpaired) electrons. The van der Waals surface area contributed by atoms with E-state index in [2.05, 4.69) is 0 Å². The van der Waals surface area contributed by atoms with Crippen LogP contribution in [0.1, 0.15) is 25.0 Å². The zero-order valence-corrected chi connectivity index (χ0v) is 8.01. The summed E-state index contributed by atoms with van der Waals surface area (Å²) in [6.07, 6.45) is 0.279. The van der Waals surface area contributed by atoms with Crippen LogP contribution in [0.4, 0.5) is 5.69 Å². The Morgan fingerprint density at radius 1 is 1.50 bits per heavy atom. The largest absolute Gasteiger partial charge is 0.388 e. The van der Waals surface area contributed by atoms with E-state index in [0.717, 1.165) is 11.3 Å². The normalized spacial score (nSPS) is 17.7. The van der Waals surface area contributed by atoms with Crippen LogP contribution in [0.3, 0.4) is 0 Å². The van der Waals surface area contributed by atoms with Gasteiger partial charge in [-0.3, -0.25) is 0 Å². The van der Waals surface area contributed by atoms with Gasteiger partial charge in [0, 0.05) is 0 Å². The van der Waals surface area contributed by atoms with Gasteiger partial charge >= 0.3 is 0 Å². The third kappa shape index (κ3) is 1.72. The number of anilines is 1. The van der Waals surface area contributed by atoms with Crippen molar-refractivity contribution in [1.29, 1.82) is 0 Å². The van der Waals surface area contributed by atoms with E-state index in [1.54, 1.807) is 0 Å². The van der Waals surface area contributed by atoms with Gasteiger partial charge in [-0.05, 0) is 24.1 Å². The summed E-state index contributed by atoms with van der Waals surface area (Å²) in [6, 6.07) is 7.48. The van der Waals surface area contributed by atoms with Crippen LogP contribution in [-0.2, 0) is 9.68 Å². The van der Waals surface area contributed by atoms with Gasteiger partial charge in [0.25, 0.3) is 0 Å². The van der Waals surface area contributed by atoms with Crippen LogP contribution in [0.5, 0.6) is 0 Å². The molecule has 0 aromatic heterocycles. The van der Waals surface area contributed by atoms with Crippen LogP contribution in [0.2, 0.25) is 0 Å². The molecule has 0 spiro atoms. The second kappa shape index (κ2) is 3.96. The summed E-state index contributed by atoms with van der Waals surface area (Å²) in [5.41, 5.74) is 1.69. The standard InChI is InChI=1S/C10H13NO3/c1-2-10(12)8-4-3-5-9(6-8)11-13-7-14-11/h3-6,10,12H,2,7H2,1H3. The minimum Gasteiger partial charge on any atom is -0.388 e. The average Bonchev–Trinajstić information content (AvgIpc) is 2.14. The zero-order valence-electron chi connectivity index (χ0n) is 8.01. The average molecular weight is 195 g/mol. The molecular formula is C10H13NO3. The Morgan fingerprint density at radius 3 is 2.86 bits per heavy atom. The van der Waals surface area contributed by atoms with Crippen LogP contribution in [0.25, 0.3) is 0 Å². The molecule has 4 heteroatoms. The van der Waals surface area contributed by atoms with Crippen molar-refractivity contribution in [2.75, 3.05) is 12.0 Å². The van der Waals surface area contributed by atoms with Crippen LogP contribution >= 0.6 is 0 Å². The van der Waals surface area contributed by atoms with Gasteiger partial charge in [0.2, 0.25) is 6.79 Å². The van der Waals surface area contributed by atoms with Crippen molar-refractivity contribution >= 4 is 5.69 Å². The molecule has 0 aliphatic carbocycles. The second-order valence-corrected chi connectivity index (χ2v) is 3.15. The maximum Gasteiger partial charge on any atom is 0.205 e. The Balaban J connectivity index is 2.17. The van der Waals surface area contributed by atoms with Crippen molar-refractivity contribution in [3.05, 3.63) is 29.8 Å². The van der Waals surface area contributed by atoms with Gasteiger partial charge in [0.1, 0.15) is 0 Å². The molecule has 1 aromatic rings. The number of nitrogens with zero attached hydrogens (tertiary/aromatic N) is 1. The topological polar surface area (TPSA) is 41.9 Å². The van der Waals surface area contributed by atoms with Crippen molar-refractivity contribution in [3.63, 3.8) is 0 Å². The predicted molar refractivity (Wildman–Crippen MR) is 51.2 cm³/mol. The number of rotatable bonds is 3. The summed E-state index contributed by atoms with van der Waals surface area (Å²) in [4.78, 5) is 10.0. The summed E-state index contributed by atoms with van der Waals surface area (Å²) >= 11 is 0. The van der Waals surface area contributed by atoms with E-state index in [-0.39, 0.29) is 0 Å². The van der Waals surface area contributed by atoms with E-state index >= 15 is 0 Å². The number of aliphatic hydroxyl groups excluding tert-OH is 1. The molecule has 1 aliphatic rings. The van der Waals surface area contributed by atoms with Crippen molar-refractivity contribution in [1.82, 2.24) is 0 Å². The SMILES string of the molecule is CCC(O)c1cccc(N2OCO2)c1. The smallest absolute Gasteiger partial charge is 0.205 e. The van der Waals surface area contributed by atoms with Crippen LogP contribution < -0.4 is 5.23 Å². The fourth-order valence-electron chi connectivity index (χ4n) is 1.34. The summed E-state index contributed by atoms with van der Waals surface area (Å²) in [6.45, 7) is 2.23. The molecule has 1 saturated heterocycles. The molecule has 1 unspecified atom stereocenters. The van der Waals surface area contributed by atoms with Gasteiger partial charge in [0.05, 0.1) is 11.8 Å². The van der Waals surface area contributed by atoms with Crippen molar-refractivity contribution < 1.29 is 14.8 Å². The summed E-state index contributed by atoms with van der Waals surface area (Å²) in [5, 5.41) is 11.0. The van der Waals surface area contributed by atoms with Gasteiger partial charge in [-0.2, -0.15) is 0 Å². The number of aliphatic hydroxyl groups is 1. The lowest BCUT2D eigenvalue weighted by Gasteiger charge is -2.30. The van der Waals surface area contributed by atoms with E-state index in [1.807, 2.05) is 31.2 Å². The Bertz CT molecular complexity index is 292. The molecule has 2 rings (SSSR count). The third-order valence-electron chi connectivity index (χ3n) is 2.19. The fraction of sp³-hybridized carbons (Fsp3) is 0.400. The summed E-state index contributed by atoms with van der Waals surface area (Å²) in [7, 11) is 0. The first kappa shape index (κ1) is 9.45. The maximum atomic E-state index is 9.63. The quantitative estimate of drug-likeness (QED) is 0.798. The second-order valence-electron chi connectivity index (χ2n) is 3.15. The molecule has 1 aromatic carbocycles. The van der Waals surface area contributed by atoms with Gasteiger partial charge in [0.15, 0.2) is 0 Å². The molecule has 0 amide bonds. The molecule has 14 heavy (non-hydrogen) atoms. The molecule has 1 N–H and O–H groups in total.